The van der Waals surface area contributed by atoms with Crippen molar-refractivity contribution >= 4 is 0 Å². The SMILES string of the molecule is COc1c(C2(O)CCCN(C)CC2)ccc(C)c1C. The lowest BCUT2D eigenvalue weighted by molar-refractivity contribution is 0.0195. The Hall–Kier alpha value is -1.06. The molecule has 1 heterocycles. The highest BCUT2D eigenvalue weighted by atomic mass is 16.5. The van der Waals surface area contributed by atoms with Gasteiger partial charge in [-0.3, -0.25) is 0 Å². The van der Waals surface area contributed by atoms with Gasteiger partial charge in [-0.05, 0) is 57.8 Å². The summed E-state index contributed by atoms with van der Waals surface area (Å²) in [5, 5.41) is 11.1. The molecule has 1 aliphatic rings. The largest absolute Gasteiger partial charge is 0.496 e. The molecule has 1 aromatic rings. The minimum absolute atomic E-state index is 0.755. The average molecular weight is 263 g/mol. The van der Waals surface area contributed by atoms with Crippen molar-refractivity contribution in [3.8, 4) is 5.75 Å². The summed E-state index contributed by atoms with van der Waals surface area (Å²) in [6.45, 7) is 6.11. The zero-order valence-corrected chi connectivity index (χ0v) is 12.5. The number of methoxy groups -OCH3 is 1. The Kier molecular flexibility index (Phi) is 4.16. The average Bonchev–Trinajstić information content (AvgIpc) is 2.55. The molecule has 2 rings (SSSR count). The maximum absolute atomic E-state index is 11.1. The minimum Gasteiger partial charge on any atom is -0.496 e. The Balaban J connectivity index is 2.42. The third kappa shape index (κ3) is 2.77. The van der Waals surface area contributed by atoms with Gasteiger partial charge in [-0.1, -0.05) is 12.1 Å². The highest BCUT2D eigenvalue weighted by Crippen LogP contribution is 2.40. The maximum Gasteiger partial charge on any atom is 0.128 e. The van der Waals surface area contributed by atoms with Crippen LogP contribution in [0.4, 0.5) is 0 Å². The van der Waals surface area contributed by atoms with Crippen molar-refractivity contribution in [3.63, 3.8) is 0 Å². The molecule has 1 unspecified atom stereocenters. The van der Waals surface area contributed by atoms with Gasteiger partial charge in [0.2, 0.25) is 0 Å². The summed E-state index contributed by atoms with van der Waals surface area (Å²) in [5.41, 5.74) is 2.53. The van der Waals surface area contributed by atoms with E-state index in [2.05, 4.69) is 31.9 Å². The number of rotatable bonds is 2. The molecule has 1 aliphatic heterocycles. The molecule has 1 atom stereocenters. The number of likely N-dealkylation sites (tertiary alicyclic amines) is 1. The molecular formula is C16H25NO2. The smallest absolute Gasteiger partial charge is 0.128 e. The van der Waals surface area contributed by atoms with E-state index in [0.717, 1.165) is 49.2 Å². The van der Waals surface area contributed by atoms with Crippen molar-refractivity contribution in [2.24, 2.45) is 0 Å². The predicted octanol–water partition coefficient (Wildman–Crippen LogP) is 2.62. The van der Waals surface area contributed by atoms with Crippen molar-refractivity contribution in [2.75, 3.05) is 27.2 Å². The van der Waals surface area contributed by atoms with E-state index in [1.807, 2.05) is 6.07 Å². The van der Waals surface area contributed by atoms with Crippen LogP contribution in [0.1, 0.15) is 36.0 Å². The third-order valence-electron chi connectivity index (χ3n) is 4.42. The lowest BCUT2D eigenvalue weighted by Gasteiger charge is -2.30. The van der Waals surface area contributed by atoms with Crippen molar-refractivity contribution < 1.29 is 9.84 Å². The number of aryl methyl sites for hydroxylation is 1. The first-order valence-corrected chi connectivity index (χ1v) is 7.03. The monoisotopic (exact) mass is 263 g/mol. The van der Waals surface area contributed by atoms with Gasteiger partial charge in [0.05, 0.1) is 12.7 Å². The van der Waals surface area contributed by atoms with E-state index in [-0.39, 0.29) is 0 Å². The molecule has 0 aromatic heterocycles. The van der Waals surface area contributed by atoms with Gasteiger partial charge in [-0.2, -0.15) is 0 Å². The zero-order chi connectivity index (χ0) is 14.0. The topological polar surface area (TPSA) is 32.7 Å². The van der Waals surface area contributed by atoms with E-state index in [1.54, 1.807) is 7.11 Å². The molecule has 19 heavy (non-hydrogen) atoms. The highest BCUT2D eigenvalue weighted by Gasteiger charge is 2.34. The fourth-order valence-corrected chi connectivity index (χ4v) is 2.94. The number of hydrogen-bond donors (Lipinski definition) is 1. The second-order valence-corrected chi connectivity index (χ2v) is 5.78. The third-order valence-corrected chi connectivity index (χ3v) is 4.42. The first kappa shape index (κ1) is 14.4. The molecule has 0 bridgehead atoms. The van der Waals surface area contributed by atoms with E-state index in [9.17, 15) is 5.11 Å². The van der Waals surface area contributed by atoms with Crippen molar-refractivity contribution in [1.29, 1.82) is 0 Å². The summed E-state index contributed by atoms with van der Waals surface area (Å²) >= 11 is 0. The summed E-state index contributed by atoms with van der Waals surface area (Å²) in [6, 6.07) is 4.12. The van der Waals surface area contributed by atoms with Crippen LogP contribution in [0.15, 0.2) is 12.1 Å². The van der Waals surface area contributed by atoms with E-state index in [1.165, 1.54) is 5.56 Å². The molecule has 1 N–H and O–H groups in total. The number of benzene rings is 1. The summed E-state index contributed by atoms with van der Waals surface area (Å²) < 4.78 is 5.57. The maximum atomic E-state index is 11.1. The molecule has 1 fully saturated rings. The summed E-state index contributed by atoms with van der Waals surface area (Å²) in [5.74, 6) is 0.854. The molecule has 0 saturated carbocycles. The number of aliphatic hydroxyl groups is 1. The first-order valence-electron chi connectivity index (χ1n) is 7.03. The van der Waals surface area contributed by atoms with Gasteiger partial charge in [0.1, 0.15) is 5.75 Å². The summed E-state index contributed by atoms with van der Waals surface area (Å²) in [4.78, 5) is 2.28. The van der Waals surface area contributed by atoms with Gasteiger partial charge >= 0.3 is 0 Å². The van der Waals surface area contributed by atoms with Crippen LogP contribution >= 0.6 is 0 Å². The second kappa shape index (κ2) is 5.51. The molecule has 0 amide bonds. The number of nitrogens with zero attached hydrogens (tertiary/aromatic N) is 1. The molecule has 106 valence electrons. The Morgan fingerprint density at radius 2 is 1.95 bits per heavy atom. The lowest BCUT2D eigenvalue weighted by Crippen LogP contribution is -2.28. The van der Waals surface area contributed by atoms with Crippen LogP contribution in [0.2, 0.25) is 0 Å². The van der Waals surface area contributed by atoms with Crippen LogP contribution < -0.4 is 4.74 Å². The van der Waals surface area contributed by atoms with Crippen LogP contribution in [0.5, 0.6) is 5.75 Å². The van der Waals surface area contributed by atoms with E-state index in [0.29, 0.717) is 0 Å². The van der Waals surface area contributed by atoms with Crippen molar-refractivity contribution in [2.45, 2.75) is 38.7 Å². The first-order chi connectivity index (χ1) is 8.98. The molecular weight excluding hydrogens is 238 g/mol. The van der Waals surface area contributed by atoms with Crippen LogP contribution in [0.25, 0.3) is 0 Å². The molecule has 3 heteroatoms. The molecule has 1 saturated heterocycles. The van der Waals surface area contributed by atoms with Crippen molar-refractivity contribution in [3.05, 3.63) is 28.8 Å². The van der Waals surface area contributed by atoms with Gasteiger partial charge in [-0.15, -0.1) is 0 Å². The summed E-state index contributed by atoms with van der Waals surface area (Å²) in [6.07, 6.45) is 2.58. The van der Waals surface area contributed by atoms with Crippen LogP contribution in [-0.2, 0) is 5.60 Å². The van der Waals surface area contributed by atoms with Crippen molar-refractivity contribution in [1.82, 2.24) is 4.90 Å². The Morgan fingerprint density at radius 3 is 2.63 bits per heavy atom. The van der Waals surface area contributed by atoms with Gasteiger partial charge in [0.25, 0.3) is 0 Å². The normalized spacial score (nSPS) is 25.1. The molecule has 0 spiro atoms. The van der Waals surface area contributed by atoms with Gasteiger partial charge in [-0.25, -0.2) is 0 Å². The fraction of sp³-hybridized carbons (Fsp3) is 0.625. The molecule has 1 aromatic carbocycles. The summed E-state index contributed by atoms with van der Waals surface area (Å²) in [7, 11) is 3.81. The van der Waals surface area contributed by atoms with Gasteiger partial charge < -0.3 is 14.7 Å². The number of ether oxygens (including phenoxy) is 1. The van der Waals surface area contributed by atoms with Gasteiger partial charge in [0.15, 0.2) is 0 Å². The molecule has 0 aliphatic carbocycles. The minimum atomic E-state index is -0.755. The number of hydrogen-bond acceptors (Lipinski definition) is 3. The molecule has 3 nitrogen and oxygen atoms in total. The van der Waals surface area contributed by atoms with E-state index >= 15 is 0 Å². The zero-order valence-electron chi connectivity index (χ0n) is 12.5. The lowest BCUT2D eigenvalue weighted by atomic mass is 9.84. The van der Waals surface area contributed by atoms with Crippen LogP contribution in [0.3, 0.4) is 0 Å². The standard InChI is InChI=1S/C16H25NO2/c1-12-6-7-14(15(19-4)13(12)2)16(18)8-5-10-17(3)11-9-16/h6-7,18H,5,8-11H2,1-4H3. The quantitative estimate of drug-likeness (QED) is 0.890. The molecule has 0 radical (unpaired) electrons. The predicted molar refractivity (Wildman–Crippen MR) is 77.7 cm³/mol. The fourth-order valence-electron chi connectivity index (χ4n) is 2.94. The second-order valence-electron chi connectivity index (χ2n) is 5.78. The Morgan fingerprint density at radius 1 is 1.21 bits per heavy atom. The van der Waals surface area contributed by atoms with Crippen LogP contribution in [-0.4, -0.2) is 37.3 Å². The van der Waals surface area contributed by atoms with E-state index in [4.69, 9.17) is 4.74 Å². The Labute approximate surface area is 116 Å². The van der Waals surface area contributed by atoms with Crippen LogP contribution in [0, 0.1) is 13.8 Å². The Bertz CT molecular complexity index is 458. The van der Waals surface area contributed by atoms with E-state index < -0.39 is 5.60 Å². The highest BCUT2D eigenvalue weighted by molar-refractivity contribution is 5.48. The van der Waals surface area contributed by atoms with Gasteiger partial charge in [0, 0.05) is 12.1 Å².